The van der Waals surface area contributed by atoms with Crippen LogP contribution in [0.3, 0.4) is 0 Å². The van der Waals surface area contributed by atoms with Crippen LogP contribution in [-0.4, -0.2) is 71.6 Å². The Balaban J connectivity index is 0.000000339. The van der Waals surface area contributed by atoms with Crippen molar-refractivity contribution in [3.8, 4) is 0 Å². The summed E-state index contributed by atoms with van der Waals surface area (Å²) in [7, 11) is 1.72. The average Bonchev–Trinajstić information content (AvgIpc) is 3.14. The van der Waals surface area contributed by atoms with Gasteiger partial charge in [0.1, 0.15) is 0 Å². The van der Waals surface area contributed by atoms with Crippen molar-refractivity contribution in [1.29, 1.82) is 0 Å². The molecule has 2 aliphatic heterocycles. The Kier molecular flexibility index (Phi) is 6.80. The zero-order valence-electron chi connectivity index (χ0n) is 16.9. The molecule has 0 aliphatic carbocycles. The van der Waals surface area contributed by atoms with Crippen LogP contribution >= 0.6 is 0 Å². The topological polar surface area (TPSA) is 89.0 Å². The van der Waals surface area contributed by atoms with E-state index in [1.54, 1.807) is 13.3 Å². The number of rotatable bonds is 2. The molecule has 31 heavy (non-hydrogen) atoms. The maximum absolute atomic E-state index is 13.0. The van der Waals surface area contributed by atoms with Crippen LogP contribution in [0.1, 0.15) is 29.6 Å². The number of halogens is 3. The summed E-state index contributed by atoms with van der Waals surface area (Å²) in [6, 6.07) is 9.59. The predicted molar refractivity (Wildman–Crippen MR) is 105 cm³/mol. The zero-order valence-corrected chi connectivity index (χ0v) is 16.9. The quantitative estimate of drug-likeness (QED) is 0.771. The number of hydrogen-bond acceptors (Lipinski definition) is 5. The molecular weight excluding hydrogens is 417 g/mol. The third kappa shape index (κ3) is 5.50. The molecule has 0 radical (unpaired) electrons. The largest absolute Gasteiger partial charge is 0.490 e. The maximum atomic E-state index is 13.0. The minimum absolute atomic E-state index is 0.0734. The van der Waals surface area contributed by atoms with E-state index in [4.69, 9.17) is 19.4 Å². The predicted octanol–water partition coefficient (Wildman–Crippen LogP) is 3.28. The van der Waals surface area contributed by atoms with Crippen molar-refractivity contribution >= 4 is 22.8 Å². The van der Waals surface area contributed by atoms with Crippen LogP contribution in [0.4, 0.5) is 13.2 Å². The number of carbonyl (C=O) groups is 2. The number of nitrogens with zero attached hydrogens (tertiary/aromatic N) is 2. The van der Waals surface area contributed by atoms with Gasteiger partial charge in [-0.15, -0.1) is 0 Å². The SMILES string of the molecule is CO[C@@H]1CO[C@@]2(CCCN(C(=O)c3ccc4ncccc4c3)C2)C1.O=C(O)C(F)(F)F. The van der Waals surface area contributed by atoms with Gasteiger partial charge in [0.05, 0.1) is 30.4 Å². The summed E-state index contributed by atoms with van der Waals surface area (Å²) in [5, 5.41) is 8.12. The highest BCUT2D eigenvalue weighted by molar-refractivity contribution is 5.98. The molecule has 2 fully saturated rings. The molecule has 2 saturated heterocycles. The first-order valence-electron chi connectivity index (χ1n) is 9.74. The molecular formula is C21H23F3N2O5. The normalized spacial score (nSPS) is 23.5. The summed E-state index contributed by atoms with van der Waals surface area (Å²) in [6.07, 6.45) is -0.335. The minimum Gasteiger partial charge on any atom is -0.475 e. The number of carbonyl (C=O) groups excluding carboxylic acids is 1. The lowest BCUT2D eigenvalue weighted by Crippen LogP contribution is -2.50. The van der Waals surface area contributed by atoms with Crippen molar-refractivity contribution in [2.45, 2.75) is 37.1 Å². The first-order chi connectivity index (χ1) is 14.6. The fourth-order valence-corrected chi connectivity index (χ4v) is 3.90. The Labute approximate surface area is 176 Å². The number of fused-ring (bicyclic) bond motifs is 1. The Morgan fingerprint density at radius 2 is 2.06 bits per heavy atom. The molecule has 2 aromatic rings. The molecule has 168 valence electrons. The second kappa shape index (κ2) is 9.19. The fourth-order valence-electron chi connectivity index (χ4n) is 3.90. The van der Waals surface area contributed by atoms with Crippen molar-refractivity contribution in [3.63, 3.8) is 0 Å². The minimum atomic E-state index is -5.08. The fraction of sp³-hybridized carbons (Fsp3) is 0.476. The number of hydrogen-bond donors (Lipinski definition) is 1. The second-order valence-electron chi connectivity index (χ2n) is 7.60. The summed E-state index contributed by atoms with van der Waals surface area (Å²) in [6.45, 7) is 2.06. The van der Waals surface area contributed by atoms with Crippen LogP contribution in [0, 0.1) is 0 Å². The van der Waals surface area contributed by atoms with Gasteiger partial charge < -0.3 is 19.5 Å². The standard InChI is InChI=1S/C19H22N2O3.C2HF3O2/c1-23-16-11-19(24-12-16)7-3-9-21(13-19)18(22)15-5-6-17-14(10-15)4-2-8-20-17;3-2(4,5)1(6)7/h2,4-6,8,10,16H,3,7,9,11-13H2,1H3;(H,6,7)/t16-,19-;/m0./s1. The van der Waals surface area contributed by atoms with Crippen LogP contribution in [-0.2, 0) is 14.3 Å². The highest BCUT2D eigenvalue weighted by Crippen LogP contribution is 2.36. The van der Waals surface area contributed by atoms with Gasteiger partial charge in [-0.3, -0.25) is 9.78 Å². The van der Waals surface area contributed by atoms with E-state index < -0.39 is 12.1 Å². The molecule has 1 aromatic carbocycles. The summed E-state index contributed by atoms with van der Waals surface area (Å²) >= 11 is 0. The molecule has 2 atom stereocenters. The lowest BCUT2D eigenvalue weighted by Gasteiger charge is -2.39. The van der Waals surface area contributed by atoms with E-state index in [1.165, 1.54) is 0 Å². The number of aromatic nitrogens is 1. The van der Waals surface area contributed by atoms with Gasteiger partial charge in [-0.25, -0.2) is 4.79 Å². The molecule has 1 N–H and O–H groups in total. The Morgan fingerprint density at radius 3 is 2.71 bits per heavy atom. The monoisotopic (exact) mass is 440 g/mol. The van der Waals surface area contributed by atoms with Crippen LogP contribution in [0.2, 0.25) is 0 Å². The van der Waals surface area contributed by atoms with Crippen LogP contribution in [0.25, 0.3) is 10.9 Å². The van der Waals surface area contributed by atoms with E-state index in [9.17, 15) is 18.0 Å². The van der Waals surface area contributed by atoms with Crippen molar-refractivity contribution in [3.05, 3.63) is 42.1 Å². The lowest BCUT2D eigenvalue weighted by atomic mass is 9.89. The molecule has 7 nitrogen and oxygen atoms in total. The number of methoxy groups -OCH3 is 1. The smallest absolute Gasteiger partial charge is 0.475 e. The molecule has 3 heterocycles. The molecule has 0 saturated carbocycles. The third-order valence-electron chi connectivity index (χ3n) is 5.43. The van der Waals surface area contributed by atoms with E-state index in [1.807, 2.05) is 35.2 Å². The molecule has 1 aromatic heterocycles. The van der Waals surface area contributed by atoms with Crippen molar-refractivity contribution in [2.75, 3.05) is 26.8 Å². The van der Waals surface area contributed by atoms with Gasteiger partial charge in [-0.2, -0.15) is 13.2 Å². The lowest BCUT2D eigenvalue weighted by molar-refractivity contribution is -0.192. The van der Waals surface area contributed by atoms with Gasteiger partial charge >= 0.3 is 12.1 Å². The van der Waals surface area contributed by atoms with E-state index in [-0.39, 0.29) is 17.6 Å². The van der Waals surface area contributed by atoms with E-state index in [0.29, 0.717) is 18.7 Å². The number of piperidine rings is 1. The maximum Gasteiger partial charge on any atom is 0.490 e. The number of likely N-dealkylation sites (tertiary alicyclic amines) is 1. The summed E-state index contributed by atoms with van der Waals surface area (Å²) in [5.74, 6) is -2.68. The highest BCUT2D eigenvalue weighted by Gasteiger charge is 2.44. The van der Waals surface area contributed by atoms with Crippen LogP contribution < -0.4 is 0 Å². The second-order valence-corrected chi connectivity index (χ2v) is 7.60. The number of carboxylic acids is 1. The third-order valence-corrected chi connectivity index (χ3v) is 5.43. The molecule has 4 rings (SSSR count). The van der Waals surface area contributed by atoms with Gasteiger partial charge in [0.2, 0.25) is 0 Å². The Morgan fingerprint density at radius 1 is 1.32 bits per heavy atom. The van der Waals surface area contributed by atoms with Gasteiger partial charge in [0.25, 0.3) is 5.91 Å². The van der Waals surface area contributed by atoms with Gasteiger partial charge in [0.15, 0.2) is 0 Å². The van der Waals surface area contributed by atoms with Gasteiger partial charge in [0, 0.05) is 37.2 Å². The van der Waals surface area contributed by atoms with Crippen molar-refractivity contribution < 1.29 is 37.3 Å². The Bertz CT molecular complexity index is 952. The van der Waals surface area contributed by atoms with Crippen molar-refractivity contribution in [1.82, 2.24) is 9.88 Å². The molecule has 0 unspecified atom stereocenters. The first-order valence-corrected chi connectivity index (χ1v) is 9.74. The van der Waals surface area contributed by atoms with E-state index in [2.05, 4.69) is 4.98 Å². The van der Waals surface area contributed by atoms with Crippen LogP contribution in [0.5, 0.6) is 0 Å². The average molecular weight is 440 g/mol. The molecule has 1 amide bonds. The first kappa shape index (κ1) is 23.0. The van der Waals surface area contributed by atoms with Gasteiger partial charge in [-0.1, -0.05) is 6.07 Å². The van der Waals surface area contributed by atoms with Crippen LogP contribution in [0.15, 0.2) is 36.5 Å². The number of amides is 1. The van der Waals surface area contributed by atoms with E-state index >= 15 is 0 Å². The highest BCUT2D eigenvalue weighted by atomic mass is 19.4. The zero-order chi connectivity index (χ0) is 22.6. The summed E-state index contributed by atoms with van der Waals surface area (Å²) in [4.78, 5) is 28.1. The van der Waals surface area contributed by atoms with E-state index in [0.717, 1.165) is 36.7 Å². The number of ether oxygens (including phenoxy) is 2. The molecule has 1 spiro atoms. The number of pyridine rings is 1. The number of benzene rings is 1. The Hall–Kier alpha value is -2.72. The molecule has 2 aliphatic rings. The summed E-state index contributed by atoms with van der Waals surface area (Å²) in [5.41, 5.74) is 1.40. The van der Waals surface area contributed by atoms with Crippen molar-refractivity contribution in [2.24, 2.45) is 0 Å². The number of alkyl halides is 3. The molecule has 10 heteroatoms. The van der Waals surface area contributed by atoms with Gasteiger partial charge in [-0.05, 0) is 37.1 Å². The number of carboxylic acid groups (broad SMARTS) is 1. The number of aliphatic carboxylic acids is 1. The summed E-state index contributed by atoms with van der Waals surface area (Å²) < 4.78 is 43.2. The molecule has 0 bridgehead atoms.